The second kappa shape index (κ2) is 12.8. The van der Waals surface area contributed by atoms with Gasteiger partial charge < -0.3 is 14.7 Å². The van der Waals surface area contributed by atoms with Crippen molar-refractivity contribution in [2.75, 3.05) is 26.7 Å². The maximum Gasteiger partial charge on any atom is 0.416 e. The van der Waals surface area contributed by atoms with Gasteiger partial charge in [0, 0.05) is 24.5 Å². The number of piperidine rings is 1. The molecule has 1 aliphatic rings. The van der Waals surface area contributed by atoms with Gasteiger partial charge in [0.1, 0.15) is 11.9 Å². The fraction of sp³-hybridized carbons (Fsp3) is 0.467. The van der Waals surface area contributed by atoms with E-state index in [1.165, 1.54) is 12.1 Å². The number of likely N-dealkylation sites (tertiary alicyclic amines) is 1. The highest BCUT2D eigenvalue weighted by atomic mass is 19.4. The van der Waals surface area contributed by atoms with Crippen LogP contribution in [-0.4, -0.2) is 47.7 Å². The van der Waals surface area contributed by atoms with Gasteiger partial charge in [0.2, 0.25) is 0 Å². The summed E-state index contributed by atoms with van der Waals surface area (Å²) < 4.78 is 60.7. The molecule has 210 valence electrons. The van der Waals surface area contributed by atoms with Crippen LogP contribution in [-0.2, 0) is 17.4 Å². The number of carbonyl (C=O) groups is 1. The molecule has 0 amide bonds. The van der Waals surface area contributed by atoms with Crippen molar-refractivity contribution < 1.29 is 32.2 Å². The van der Waals surface area contributed by atoms with Crippen molar-refractivity contribution in [2.24, 2.45) is 11.8 Å². The molecule has 39 heavy (non-hydrogen) atoms. The minimum atomic E-state index is -4.38. The lowest BCUT2D eigenvalue weighted by molar-refractivity contribution is -0.139. The number of aryl methyl sites for hydroxylation is 1. The third-order valence-corrected chi connectivity index (χ3v) is 7.77. The molecular weight excluding hydrogens is 512 g/mol. The standard InChI is InChI=1S/C30H34F4N2O3/c1-39-23-9-11-28-25(18-23)24(12-14-35-28)27(31)10-8-20-13-16-36(19-22(20)17-29(37)38)15-4-6-21-5-2-3-7-26(21)30(32,33)34/h2-3,5,7,9,11-12,14,18,20,22,27H,4,6,8,10,13,15-17,19H2,1H3,(H,37,38)/t20-,22+,27+/m1/s1. The summed E-state index contributed by atoms with van der Waals surface area (Å²) in [6, 6.07) is 12.7. The molecule has 1 fully saturated rings. The molecule has 0 bridgehead atoms. The Morgan fingerprint density at radius 3 is 2.72 bits per heavy atom. The number of aromatic nitrogens is 1. The van der Waals surface area contributed by atoms with Gasteiger partial charge in [-0.3, -0.25) is 9.78 Å². The number of ether oxygens (including phenoxy) is 1. The molecule has 3 atom stereocenters. The largest absolute Gasteiger partial charge is 0.497 e. The molecular formula is C30H34F4N2O3. The molecule has 1 aliphatic heterocycles. The van der Waals surface area contributed by atoms with Crippen molar-refractivity contribution in [3.05, 3.63) is 71.4 Å². The first-order valence-corrected chi connectivity index (χ1v) is 13.3. The fourth-order valence-corrected chi connectivity index (χ4v) is 5.77. The highest BCUT2D eigenvalue weighted by Gasteiger charge is 2.33. The summed E-state index contributed by atoms with van der Waals surface area (Å²) in [4.78, 5) is 18.0. The number of hydrogen-bond acceptors (Lipinski definition) is 4. The highest BCUT2D eigenvalue weighted by Crippen LogP contribution is 2.37. The van der Waals surface area contributed by atoms with Crippen molar-refractivity contribution >= 4 is 16.9 Å². The molecule has 5 nitrogen and oxygen atoms in total. The molecule has 0 radical (unpaired) electrons. The van der Waals surface area contributed by atoms with Gasteiger partial charge in [-0.2, -0.15) is 13.2 Å². The Hall–Kier alpha value is -3.20. The summed E-state index contributed by atoms with van der Waals surface area (Å²) in [6.45, 7) is 1.85. The van der Waals surface area contributed by atoms with Crippen LogP contribution in [0.2, 0.25) is 0 Å². The van der Waals surface area contributed by atoms with E-state index >= 15 is 4.39 Å². The molecule has 2 aromatic carbocycles. The van der Waals surface area contributed by atoms with Crippen molar-refractivity contribution in [2.45, 2.75) is 50.9 Å². The molecule has 4 rings (SSSR count). The Morgan fingerprint density at radius 2 is 1.97 bits per heavy atom. The third kappa shape index (κ3) is 7.47. The second-order valence-corrected chi connectivity index (χ2v) is 10.3. The summed E-state index contributed by atoms with van der Waals surface area (Å²) in [6.07, 6.45) is -1.62. The van der Waals surface area contributed by atoms with Crippen LogP contribution in [0, 0.1) is 11.8 Å². The quantitative estimate of drug-likeness (QED) is 0.260. The van der Waals surface area contributed by atoms with E-state index in [4.69, 9.17) is 4.74 Å². The predicted octanol–water partition coefficient (Wildman–Crippen LogP) is 7.10. The second-order valence-electron chi connectivity index (χ2n) is 10.3. The number of hydrogen-bond donors (Lipinski definition) is 1. The zero-order chi connectivity index (χ0) is 28.0. The van der Waals surface area contributed by atoms with E-state index in [-0.39, 0.29) is 30.2 Å². The van der Waals surface area contributed by atoms with E-state index in [1.54, 1.807) is 43.6 Å². The van der Waals surface area contributed by atoms with Crippen molar-refractivity contribution in [3.8, 4) is 5.75 Å². The van der Waals surface area contributed by atoms with Gasteiger partial charge in [-0.15, -0.1) is 0 Å². The predicted molar refractivity (Wildman–Crippen MR) is 141 cm³/mol. The van der Waals surface area contributed by atoms with Crippen LogP contribution in [0.5, 0.6) is 5.75 Å². The number of aliphatic carboxylic acids is 1. The average molecular weight is 547 g/mol. The van der Waals surface area contributed by atoms with Crippen LogP contribution in [0.3, 0.4) is 0 Å². The molecule has 0 saturated carbocycles. The molecule has 1 N–H and O–H groups in total. The van der Waals surface area contributed by atoms with Crippen LogP contribution in [0.1, 0.15) is 55.0 Å². The highest BCUT2D eigenvalue weighted by molar-refractivity contribution is 5.83. The smallest absolute Gasteiger partial charge is 0.416 e. The van der Waals surface area contributed by atoms with E-state index < -0.39 is 23.9 Å². The van der Waals surface area contributed by atoms with Crippen molar-refractivity contribution in [1.29, 1.82) is 0 Å². The van der Waals surface area contributed by atoms with Crippen molar-refractivity contribution in [1.82, 2.24) is 9.88 Å². The van der Waals surface area contributed by atoms with Gasteiger partial charge in [0.05, 0.1) is 18.2 Å². The zero-order valence-electron chi connectivity index (χ0n) is 22.0. The molecule has 0 aliphatic carbocycles. The van der Waals surface area contributed by atoms with Crippen LogP contribution in [0.25, 0.3) is 10.9 Å². The van der Waals surface area contributed by atoms with Crippen LogP contribution in [0.4, 0.5) is 17.6 Å². The molecule has 2 heterocycles. The number of methoxy groups -OCH3 is 1. The third-order valence-electron chi connectivity index (χ3n) is 7.77. The van der Waals surface area contributed by atoms with Gasteiger partial charge in [-0.1, -0.05) is 18.2 Å². The lowest BCUT2D eigenvalue weighted by Gasteiger charge is -2.38. The van der Waals surface area contributed by atoms with E-state index in [2.05, 4.69) is 9.88 Å². The van der Waals surface area contributed by atoms with Gasteiger partial charge in [-0.25, -0.2) is 4.39 Å². The summed E-state index contributed by atoms with van der Waals surface area (Å²) >= 11 is 0. The van der Waals surface area contributed by atoms with E-state index in [0.29, 0.717) is 61.1 Å². The Labute approximate surface area is 225 Å². The minimum absolute atomic E-state index is 0.00951. The first kappa shape index (κ1) is 28.8. The molecule has 3 aromatic rings. The van der Waals surface area contributed by atoms with E-state index in [9.17, 15) is 23.1 Å². The maximum atomic E-state index is 15.5. The molecule has 0 unspecified atom stereocenters. The topological polar surface area (TPSA) is 62.7 Å². The zero-order valence-corrected chi connectivity index (χ0v) is 22.0. The first-order valence-electron chi connectivity index (χ1n) is 13.3. The monoisotopic (exact) mass is 546 g/mol. The summed E-state index contributed by atoms with van der Waals surface area (Å²) in [5, 5.41) is 10.2. The van der Waals surface area contributed by atoms with Crippen LogP contribution in [0.15, 0.2) is 54.7 Å². The van der Waals surface area contributed by atoms with Crippen LogP contribution >= 0.6 is 0 Å². The molecule has 9 heteroatoms. The number of fused-ring (bicyclic) bond motifs is 1. The van der Waals surface area contributed by atoms with Crippen LogP contribution < -0.4 is 4.74 Å². The molecule has 1 aromatic heterocycles. The number of rotatable bonds is 11. The summed E-state index contributed by atoms with van der Waals surface area (Å²) in [5.74, 6) is -0.348. The average Bonchev–Trinajstić information content (AvgIpc) is 2.91. The number of halogens is 4. The number of carboxylic acids is 1. The molecule has 0 spiro atoms. The van der Waals surface area contributed by atoms with Gasteiger partial charge in [-0.05, 0) is 98.5 Å². The SMILES string of the molecule is COc1ccc2nccc([C@@H](F)CC[C@@H]3CCN(CCCc4ccccc4C(F)(F)F)C[C@@H]3CC(=O)O)c2c1. The Morgan fingerprint density at radius 1 is 1.18 bits per heavy atom. The molecule has 1 saturated heterocycles. The maximum absolute atomic E-state index is 15.5. The fourth-order valence-electron chi connectivity index (χ4n) is 5.77. The summed E-state index contributed by atoms with van der Waals surface area (Å²) in [7, 11) is 1.56. The Bertz CT molecular complexity index is 1270. The normalized spacial score (nSPS) is 19.2. The minimum Gasteiger partial charge on any atom is -0.497 e. The number of carboxylic acid groups (broad SMARTS) is 1. The van der Waals surface area contributed by atoms with E-state index in [1.807, 2.05) is 0 Å². The lowest BCUT2D eigenvalue weighted by Crippen LogP contribution is -2.42. The number of alkyl halides is 4. The van der Waals surface area contributed by atoms with Gasteiger partial charge in [0.15, 0.2) is 0 Å². The van der Waals surface area contributed by atoms with Gasteiger partial charge in [0.25, 0.3) is 0 Å². The lowest BCUT2D eigenvalue weighted by atomic mass is 9.79. The van der Waals surface area contributed by atoms with E-state index in [0.717, 1.165) is 12.5 Å². The van der Waals surface area contributed by atoms with Crippen molar-refractivity contribution in [3.63, 3.8) is 0 Å². The number of benzene rings is 2. The first-order chi connectivity index (χ1) is 18.7. The summed E-state index contributed by atoms with van der Waals surface area (Å²) in [5.41, 5.74) is 0.905. The Kier molecular flexibility index (Phi) is 9.43. The number of nitrogens with zero attached hydrogens (tertiary/aromatic N) is 2. The Balaban J connectivity index is 1.35. The van der Waals surface area contributed by atoms with Gasteiger partial charge >= 0.3 is 12.1 Å². The number of pyridine rings is 1.